The molecule has 22 nitrogen and oxygen atoms in total. The first kappa shape index (κ1) is 72.1. The molecule has 478 valence electrons. The summed E-state index contributed by atoms with van der Waals surface area (Å²) in [7, 11) is 6.60. The summed E-state index contributed by atoms with van der Waals surface area (Å²) in [6.07, 6.45) is -15.7. The highest BCUT2D eigenvalue weighted by Gasteiger charge is 2.55. The molecule has 8 N–H and O–H groups in total. The number of aliphatic hydroxyl groups excluding tert-OH is 6. The Hall–Kier alpha value is -2.36. The number of hydrogen-bond donors (Lipinski definition) is 8. The summed E-state index contributed by atoms with van der Waals surface area (Å²) >= 11 is 0. The van der Waals surface area contributed by atoms with Gasteiger partial charge in [-0.1, -0.05) is 55.4 Å². The number of ether oxygens (including phenoxy) is 8. The molecule has 4 fully saturated rings. The van der Waals surface area contributed by atoms with Gasteiger partial charge >= 0.3 is 11.9 Å². The summed E-state index contributed by atoms with van der Waals surface area (Å²) in [6.45, 7) is 26.6. The molecule has 0 aliphatic carbocycles. The number of methoxy groups -OCH3 is 2. The van der Waals surface area contributed by atoms with Gasteiger partial charge in [0.1, 0.15) is 47.2 Å². The van der Waals surface area contributed by atoms with Gasteiger partial charge < -0.3 is 78.7 Å². The monoisotopic (exact) mass is 1180 g/mol. The standard InChI is InChI=1S/C60H108N2O20/c1-21-41-59(15,73)49(69)33(7)43(63)29(3)27-57(13,75-19)51(35(9)45(65)37(11)53(71)79-41)81-55-47(67)39(25-31(5)77-55)61(17)23-24-62(18)40-26-32(6)78-56(48(40)68)82-52-36(10)46(66)38(12)54(72)80-42(22-2)60(16,74)50(70)34(8)44(64)30(4)28-58(52,14)76-20/h29-42,45-52,55-56,65-70,73-74H,21-28H2,1-20H3/t29-,30-,31?,32?,33+,34+,35+,36+,37-,38-,39?,40?,41-,42-,45+,46+,47?,48?,49-,50-,51-,52-,55?,56?,57+,58+,59-,60-/m1/s1. The van der Waals surface area contributed by atoms with E-state index in [9.17, 15) is 60.0 Å². The van der Waals surface area contributed by atoms with E-state index < -0.39 is 180 Å². The summed E-state index contributed by atoms with van der Waals surface area (Å²) in [5.74, 6) is -10.3. The molecule has 4 rings (SSSR count). The second-order valence-corrected chi connectivity index (χ2v) is 26.2. The van der Waals surface area contributed by atoms with Gasteiger partial charge in [-0.3, -0.25) is 29.0 Å². The van der Waals surface area contributed by atoms with Crippen LogP contribution in [0.2, 0.25) is 0 Å². The molecule has 0 aromatic heterocycles. The number of ketones is 2. The normalized spacial score (nSPS) is 47.8. The Kier molecular flexibility index (Phi) is 25.6. The smallest absolute Gasteiger partial charge is 0.311 e. The Morgan fingerprint density at radius 3 is 1.10 bits per heavy atom. The van der Waals surface area contributed by atoms with Crippen molar-refractivity contribution in [3.05, 3.63) is 0 Å². The number of aliphatic hydroxyl groups is 8. The molecule has 4 heterocycles. The third kappa shape index (κ3) is 15.7. The lowest BCUT2D eigenvalue weighted by Crippen LogP contribution is -2.61. The van der Waals surface area contributed by atoms with E-state index in [1.54, 1.807) is 55.4 Å². The first-order chi connectivity index (χ1) is 37.8. The lowest BCUT2D eigenvalue weighted by molar-refractivity contribution is -0.303. The van der Waals surface area contributed by atoms with Crippen LogP contribution in [0.25, 0.3) is 0 Å². The number of nitrogens with zero attached hydrogens (tertiary/aromatic N) is 2. The minimum atomic E-state index is -2.00. The molecule has 4 saturated heterocycles. The van der Waals surface area contributed by atoms with Crippen molar-refractivity contribution in [1.29, 1.82) is 0 Å². The lowest BCUT2D eigenvalue weighted by Gasteiger charge is -2.49. The fourth-order valence-corrected chi connectivity index (χ4v) is 13.7. The molecule has 82 heavy (non-hydrogen) atoms. The van der Waals surface area contributed by atoms with Crippen LogP contribution in [0.1, 0.15) is 149 Å². The average molecular weight is 1180 g/mol. The molecule has 0 bridgehead atoms. The van der Waals surface area contributed by atoms with Gasteiger partial charge in [-0.05, 0) is 108 Å². The Balaban J connectivity index is 1.60. The quantitative estimate of drug-likeness (QED) is 0.123. The second-order valence-electron chi connectivity index (χ2n) is 26.2. The van der Waals surface area contributed by atoms with Gasteiger partial charge in [-0.25, -0.2) is 0 Å². The van der Waals surface area contributed by atoms with Crippen molar-refractivity contribution in [3.63, 3.8) is 0 Å². The minimum absolute atomic E-state index is 0.0232. The summed E-state index contributed by atoms with van der Waals surface area (Å²) in [5, 5.41) is 94.4. The van der Waals surface area contributed by atoms with E-state index in [4.69, 9.17) is 37.9 Å². The zero-order chi connectivity index (χ0) is 62.6. The predicted molar refractivity (Wildman–Crippen MR) is 302 cm³/mol. The first-order valence-electron chi connectivity index (χ1n) is 30.0. The second kappa shape index (κ2) is 29.1. The molecule has 4 aliphatic rings. The molecule has 22 heteroatoms. The molecular formula is C60H108N2O20. The van der Waals surface area contributed by atoms with Crippen LogP contribution < -0.4 is 0 Å². The number of cyclic esters (lactones) is 2. The Morgan fingerprint density at radius 2 is 0.817 bits per heavy atom. The van der Waals surface area contributed by atoms with Crippen LogP contribution in [0.3, 0.4) is 0 Å². The van der Waals surface area contributed by atoms with Crippen molar-refractivity contribution in [2.45, 2.75) is 270 Å². The van der Waals surface area contributed by atoms with Crippen molar-refractivity contribution in [2.75, 3.05) is 41.4 Å². The minimum Gasteiger partial charge on any atom is -0.459 e. The van der Waals surface area contributed by atoms with E-state index in [1.807, 2.05) is 37.7 Å². The van der Waals surface area contributed by atoms with Crippen LogP contribution in [0, 0.1) is 47.3 Å². The van der Waals surface area contributed by atoms with Crippen LogP contribution in [-0.2, 0) is 57.1 Å². The number of Topliss-reactive ketones (excluding diaryl/α,β-unsaturated/α-hetero) is 2. The molecule has 0 amide bonds. The maximum Gasteiger partial charge on any atom is 0.311 e. The van der Waals surface area contributed by atoms with Crippen LogP contribution in [0.4, 0.5) is 0 Å². The molecule has 0 saturated carbocycles. The number of likely N-dealkylation sites (N-methyl/N-ethyl adjacent to an activating group) is 2. The summed E-state index contributed by atoms with van der Waals surface area (Å²) in [6, 6.07) is -1.09. The highest BCUT2D eigenvalue weighted by Crippen LogP contribution is 2.42. The molecule has 28 atom stereocenters. The molecule has 8 unspecified atom stereocenters. The van der Waals surface area contributed by atoms with E-state index in [0.29, 0.717) is 25.9 Å². The number of esters is 2. The SMILES string of the molecule is CC[C@H]1OC(=O)[C@H](C)[C@@H](O)[C@H](C)[C@@H](OC2OC(C)CC(N(C)CCN(C)C3CC(C)OC(O[C@@H]4[C@@H](C)[C@H](O)[C@@H](C)C(=O)O[C@H](CC)[C@@](C)(O)[C@H](O)[C@@H](C)C(=O)[C@H](C)C[C@]4(C)OC)C3O)C2O)[C@@](C)(OC)C[C@@H](C)C(=O)[C@H](C)[C@@H](O)[C@]1(C)O. The average Bonchev–Trinajstić information content (AvgIpc) is 3.62. The van der Waals surface area contributed by atoms with Gasteiger partial charge in [0.15, 0.2) is 12.6 Å². The predicted octanol–water partition coefficient (Wildman–Crippen LogP) is 2.78. The van der Waals surface area contributed by atoms with Crippen LogP contribution in [-0.4, -0.2) is 236 Å². The van der Waals surface area contributed by atoms with Gasteiger partial charge in [-0.15, -0.1) is 0 Å². The highest BCUT2D eigenvalue weighted by atomic mass is 16.7. The van der Waals surface area contributed by atoms with Crippen molar-refractivity contribution in [3.8, 4) is 0 Å². The van der Waals surface area contributed by atoms with Crippen molar-refractivity contribution in [2.24, 2.45) is 47.3 Å². The van der Waals surface area contributed by atoms with Crippen LogP contribution in [0.15, 0.2) is 0 Å². The van der Waals surface area contributed by atoms with Gasteiger partial charge in [-0.2, -0.15) is 0 Å². The maximum atomic E-state index is 14.1. The van der Waals surface area contributed by atoms with E-state index in [2.05, 4.69) is 0 Å². The third-order valence-corrected chi connectivity index (χ3v) is 19.7. The van der Waals surface area contributed by atoms with E-state index >= 15 is 0 Å². The van der Waals surface area contributed by atoms with Crippen molar-refractivity contribution < 1.29 is 97.9 Å². The molecule has 0 aromatic carbocycles. The van der Waals surface area contributed by atoms with Gasteiger partial charge in [0, 0.05) is 74.9 Å². The summed E-state index contributed by atoms with van der Waals surface area (Å²) in [5.41, 5.74) is -6.72. The highest BCUT2D eigenvalue weighted by molar-refractivity contribution is 5.84. The van der Waals surface area contributed by atoms with Gasteiger partial charge in [0.05, 0.1) is 71.9 Å². The third-order valence-electron chi connectivity index (χ3n) is 19.7. The van der Waals surface area contributed by atoms with Gasteiger partial charge in [0.2, 0.25) is 0 Å². The summed E-state index contributed by atoms with van der Waals surface area (Å²) < 4.78 is 50.2. The zero-order valence-corrected chi connectivity index (χ0v) is 52.9. The topological polar surface area (TPSA) is 310 Å². The molecular weight excluding hydrogens is 1070 g/mol. The van der Waals surface area contributed by atoms with E-state index in [0.717, 1.165) is 0 Å². The fraction of sp³-hybridized carbons (Fsp3) is 0.933. The Morgan fingerprint density at radius 1 is 0.512 bits per heavy atom. The number of carbonyl (C=O) groups excluding carboxylic acids is 4. The number of carbonyl (C=O) groups is 4. The molecule has 4 aliphatic heterocycles. The first-order valence-corrected chi connectivity index (χ1v) is 30.0. The van der Waals surface area contributed by atoms with Crippen molar-refractivity contribution >= 4 is 23.5 Å². The molecule has 0 radical (unpaired) electrons. The van der Waals surface area contributed by atoms with E-state index in [-0.39, 0.29) is 37.2 Å². The molecule has 0 aromatic rings. The van der Waals surface area contributed by atoms with Gasteiger partial charge in [0.25, 0.3) is 0 Å². The lowest BCUT2D eigenvalue weighted by atomic mass is 9.74. The van der Waals surface area contributed by atoms with Crippen LogP contribution >= 0.6 is 0 Å². The van der Waals surface area contributed by atoms with Crippen molar-refractivity contribution in [1.82, 2.24) is 9.80 Å². The fourth-order valence-electron chi connectivity index (χ4n) is 13.7. The molecule has 0 spiro atoms. The maximum absolute atomic E-state index is 14.1. The van der Waals surface area contributed by atoms with Crippen LogP contribution in [0.5, 0.6) is 0 Å². The number of rotatable bonds is 13. The summed E-state index contributed by atoms with van der Waals surface area (Å²) in [4.78, 5) is 59.6. The Bertz CT molecular complexity index is 1940. The Labute approximate surface area is 488 Å². The largest absolute Gasteiger partial charge is 0.459 e. The zero-order valence-electron chi connectivity index (χ0n) is 52.9. The number of hydrogen-bond acceptors (Lipinski definition) is 22. The van der Waals surface area contributed by atoms with E-state index in [1.165, 1.54) is 55.8 Å².